The maximum absolute atomic E-state index is 12.8. The van der Waals surface area contributed by atoms with Gasteiger partial charge < -0.3 is 15.5 Å². The maximum Gasteiger partial charge on any atom is 0.237 e. The summed E-state index contributed by atoms with van der Waals surface area (Å²) in [5, 5.41) is 9.48. The molecule has 2 N–H and O–H groups in total. The minimum Gasteiger partial charge on any atom is -0.355 e. The number of rotatable bonds is 6. The van der Waals surface area contributed by atoms with Gasteiger partial charge in [-0.2, -0.15) is 0 Å². The van der Waals surface area contributed by atoms with Crippen molar-refractivity contribution in [3.63, 3.8) is 0 Å². The molecule has 2 aliphatic heterocycles. The first-order valence-corrected chi connectivity index (χ1v) is 11.1. The highest BCUT2D eigenvalue weighted by atomic mass is 16.2. The molecular formula is C24H34N4O. The first-order valence-electron chi connectivity index (χ1n) is 11.1. The normalized spacial score (nSPS) is 24.2. The van der Waals surface area contributed by atoms with Crippen molar-refractivity contribution in [2.75, 3.05) is 33.2 Å². The van der Waals surface area contributed by atoms with E-state index in [0.717, 1.165) is 32.6 Å². The van der Waals surface area contributed by atoms with E-state index in [-0.39, 0.29) is 11.9 Å². The molecule has 0 aromatic heterocycles. The standard InChI is InChI=1S/C24H34N4O/c1-3-25-24(29)23-15-21(26-20-11-13-27(2)14-12-20)17-28(23)16-19-9-6-8-18-7-4-5-10-22(18)19/h4-10,20-21,23,26H,3,11-17H2,1-2H3,(H,25,29)/t21-,23+/m1/s1. The molecule has 1 amide bonds. The maximum atomic E-state index is 12.8. The number of nitrogens with one attached hydrogen (secondary N) is 2. The number of piperidine rings is 1. The van der Waals surface area contributed by atoms with Crippen molar-refractivity contribution in [2.45, 2.75) is 50.9 Å². The Morgan fingerprint density at radius 3 is 2.62 bits per heavy atom. The van der Waals surface area contributed by atoms with Crippen LogP contribution in [-0.2, 0) is 11.3 Å². The van der Waals surface area contributed by atoms with E-state index in [9.17, 15) is 4.79 Å². The van der Waals surface area contributed by atoms with Crippen LogP contribution in [0.3, 0.4) is 0 Å². The Bertz CT molecular complexity index is 825. The lowest BCUT2D eigenvalue weighted by molar-refractivity contribution is -0.125. The third kappa shape index (κ3) is 4.80. The zero-order valence-electron chi connectivity index (χ0n) is 17.7. The summed E-state index contributed by atoms with van der Waals surface area (Å²) in [5.41, 5.74) is 1.30. The van der Waals surface area contributed by atoms with Crippen molar-refractivity contribution >= 4 is 16.7 Å². The van der Waals surface area contributed by atoms with Gasteiger partial charge in [0.15, 0.2) is 0 Å². The zero-order chi connectivity index (χ0) is 20.2. The highest BCUT2D eigenvalue weighted by Crippen LogP contribution is 2.26. The molecule has 2 saturated heterocycles. The van der Waals surface area contributed by atoms with E-state index >= 15 is 0 Å². The number of benzene rings is 2. The van der Waals surface area contributed by atoms with E-state index in [1.807, 2.05) is 6.92 Å². The van der Waals surface area contributed by atoms with E-state index in [4.69, 9.17) is 0 Å². The molecular weight excluding hydrogens is 360 g/mol. The molecule has 0 spiro atoms. The van der Waals surface area contributed by atoms with Crippen LogP contribution in [0, 0.1) is 0 Å². The third-order valence-electron chi connectivity index (χ3n) is 6.50. The SMILES string of the molecule is CCNC(=O)[C@@H]1C[C@@H](NC2CCN(C)CC2)CN1Cc1cccc2ccccc12. The largest absolute Gasteiger partial charge is 0.355 e. The van der Waals surface area contributed by atoms with Gasteiger partial charge in [0.1, 0.15) is 0 Å². The second-order valence-corrected chi connectivity index (χ2v) is 8.65. The number of likely N-dealkylation sites (tertiary alicyclic amines) is 2. The van der Waals surface area contributed by atoms with E-state index < -0.39 is 0 Å². The molecule has 4 rings (SSSR count). The third-order valence-corrected chi connectivity index (χ3v) is 6.50. The van der Waals surface area contributed by atoms with E-state index in [1.54, 1.807) is 0 Å². The van der Waals surface area contributed by atoms with Crippen LogP contribution in [0.2, 0.25) is 0 Å². The van der Waals surface area contributed by atoms with Crippen LogP contribution < -0.4 is 10.6 Å². The Morgan fingerprint density at radius 2 is 1.83 bits per heavy atom. The number of likely N-dealkylation sites (N-methyl/N-ethyl adjacent to an activating group) is 1. The van der Waals surface area contributed by atoms with Crippen molar-refractivity contribution in [2.24, 2.45) is 0 Å². The quantitative estimate of drug-likeness (QED) is 0.791. The molecule has 156 valence electrons. The van der Waals surface area contributed by atoms with E-state index in [1.165, 1.54) is 29.2 Å². The minimum absolute atomic E-state index is 0.0577. The van der Waals surface area contributed by atoms with Crippen molar-refractivity contribution < 1.29 is 4.79 Å². The number of hydrogen-bond donors (Lipinski definition) is 2. The van der Waals surface area contributed by atoms with Gasteiger partial charge in [0.25, 0.3) is 0 Å². The van der Waals surface area contributed by atoms with Crippen LogP contribution in [0.5, 0.6) is 0 Å². The molecule has 2 fully saturated rings. The van der Waals surface area contributed by atoms with E-state index in [0.29, 0.717) is 18.6 Å². The van der Waals surface area contributed by atoms with Crippen molar-refractivity contribution in [3.05, 3.63) is 48.0 Å². The molecule has 2 atom stereocenters. The fourth-order valence-electron chi connectivity index (χ4n) is 4.92. The van der Waals surface area contributed by atoms with Gasteiger partial charge in [-0.05, 0) is 62.7 Å². The number of carbonyl (C=O) groups excluding carboxylic acids is 1. The van der Waals surface area contributed by atoms with Gasteiger partial charge in [-0.25, -0.2) is 0 Å². The lowest BCUT2D eigenvalue weighted by Gasteiger charge is -2.31. The molecule has 29 heavy (non-hydrogen) atoms. The summed E-state index contributed by atoms with van der Waals surface area (Å²) < 4.78 is 0. The second kappa shape index (κ2) is 9.24. The topological polar surface area (TPSA) is 47.6 Å². The number of fused-ring (bicyclic) bond motifs is 1. The molecule has 2 heterocycles. The monoisotopic (exact) mass is 394 g/mol. The second-order valence-electron chi connectivity index (χ2n) is 8.65. The number of nitrogens with zero attached hydrogens (tertiary/aromatic N) is 2. The fourth-order valence-corrected chi connectivity index (χ4v) is 4.92. The molecule has 0 aliphatic carbocycles. The van der Waals surface area contributed by atoms with Gasteiger partial charge in [0, 0.05) is 31.7 Å². The first kappa shape index (κ1) is 20.3. The van der Waals surface area contributed by atoms with Gasteiger partial charge in [-0.1, -0.05) is 42.5 Å². The van der Waals surface area contributed by atoms with Crippen molar-refractivity contribution in [3.8, 4) is 0 Å². The van der Waals surface area contributed by atoms with Crippen molar-refractivity contribution in [1.29, 1.82) is 0 Å². The molecule has 2 aromatic carbocycles. The highest BCUT2D eigenvalue weighted by Gasteiger charge is 2.37. The molecule has 2 aliphatic rings. The molecule has 2 aromatic rings. The molecule has 0 radical (unpaired) electrons. The summed E-state index contributed by atoms with van der Waals surface area (Å²) in [6, 6.07) is 15.9. The summed E-state index contributed by atoms with van der Waals surface area (Å²) in [6.07, 6.45) is 3.28. The predicted molar refractivity (Wildman–Crippen MR) is 119 cm³/mol. The van der Waals surface area contributed by atoms with Crippen LogP contribution in [0.25, 0.3) is 10.8 Å². The Kier molecular flexibility index (Phi) is 6.48. The van der Waals surface area contributed by atoms with Gasteiger partial charge in [0.2, 0.25) is 5.91 Å². The van der Waals surface area contributed by atoms with Crippen molar-refractivity contribution in [1.82, 2.24) is 20.4 Å². The van der Waals surface area contributed by atoms with Crippen LogP contribution in [0.1, 0.15) is 31.7 Å². The van der Waals surface area contributed by atoms with E-state index in [2.05, 4.69) is 69.9 Å². The van der Waals surface area contributed by atoms with Crippen LogP contribution in [0.15, 0.2) is 42.5 Å². The van der Waals surface area contributed by atoms with Gasteiger partial charge in [-0.15, -0.1) is 0 Å². The average Bonchev–Trinajstić information content (AvgIpc) is 3.12. The summed E-state index contributed by atoms with van der Waals surface area (Å²) in [7, 11) is 2.20. The summed E-state index contributed by atoms with van der Waals surface area (Å²) in [6.45, 7) is 6.74. The lowest BCUT2D eigenvalue weighted by Crippen LogP contribution is -2.46. The predicted octanol–water partition coefficient (Wildman–Crippen LogP) is 2.60. The average molecular weight is 395 g/mol. The Hall–Kier alpha value is -1.95. The van der Waals surface area contributed by atoms with Gasteiger partial charge in [0.05, 0.1) is 6.04 Å². The van der Waals surface area contributed by atoms with Crippen LogP contribution in [-0.4, -0.2) is 67.1 Å². The summed E-state index contributed by atoms with van der Waals surface area (Å²) >= 11 is 0. The fraction of sp³-hybridized carbons (Fsp3) is 0.542. The lowest BCUT2D eigenvalue weighted by atomic mass is 10.0. The van der Waals surface area contributed by atoms with Crippen LogP contribution >= 0.6 is 0 Å². The molecule has 0 unspecified atom stereocenters. The molecule has 5 heteroatoms. The number of hydrogen-bond acceptors (Lipinski definition) is 4. The summed E-state index contributed by atoms with van der Waals surface area (Å²) in [5.74, 6) is 0.167. The van der Waals surface area contributed by atoms with Gasteiger partial charge >= 0.3 is 0 Å². The summed E-state index contributed by atoms with van der Waals surface area (Å²) in [4.78, 5) is 17.6. The Labute approximate surface area is 174 Å². The molecule has 0 saturated carbocycles. The smallest absolute Gasteiger partial charge is 0.237 e. The molecule has 0 bridgehead atoms. The Balaban J connectivity index is 1.49. The zero-order valence-corrected chi connectivity index (χ0v) is 17.7. The highest BCUT2D eigenvalue weighted by molar-refractivity contribution is 5.86. The molecule has 5 nitrogen and oxygen atoms in total. The van der Waals surface area contributed by atoms with Gasteiger partial charge in [-0.3, -0.25) is 9.69 Å². The first-order chi connectivity index (χ1) is 14.1. The number of carbonyl (C=O) groups is 1. The van der Waals surface area contributed by atoms with Crippen LogP contribution in [0.4, 0.5) is 0 Å². The number of amides is 1. The minimum atomic E-state index is -0.0577. The Morgan fingerprint density at radius 1 is 1.07 bits per heavy atom.